The van der Waals surface area contributed by atoms with Crippen molar-refractivity contribution in [2.75, 3.05) is 11.9 Å². The second kappa shape index (κ2) is 5.43. The van der Waals surface area contributed by atoms with Gasteiger partial charge in [-0.3, -0.25) is 0 Å². The van der Waals surface area contributed by atoms with E-state index in [0.717, 1.165) is 18.0 Å². The number of hydrogen-bond donors (Lipinski definition) is 2. The van der Waals surface area contributed by atoms with Crippen LogP contribution in [-0.4, -0.2) is 11.6 Å². The minimum absolute atomic E-state index is 0.683. The monoisotopic (exact) mass is 230 g/mol. The zero-order valence-electron chi connectivity index (χ0n) is 10.3. The molecule has 0 fully saturated rings. The number of benzene rings is 1. The van der Waals surface area contributed by atoms with Crippen LogP contribution in [0.2, 0.25) is 0 Å². The number of anilines is 1. The number of rotatable bonds is 5. The van der Waals surface area contributed by atoms with Gasteiger partial charge in [-0.15, -0.1) is 0 Å². The Morgan fingerprint density at radius 1 is 1.29 bits per heavy atom. The van der Waals surface area contributed by atoms with Crippen molar-refractivity contribution in [3.63, 3.8) is 0 Å². The average molecular weight is 230 g/mol. The lowest BCUT2D eigenvalue weighted by Crippen LogP contribution is -2.02. The molecule has 1 aromatic heterocycles. The molecule has 0 radical (unpaired) electrons. The number of nitrogens with one attached hydrogen (secondary N) is 2. The third-order valence-corrected chi connectivity index (χ3v) is 2.58. The molecular formula is C14H18N2O. The van der Waals surface area contributed by atoms with E-state index in [1.165, 1.54) is 11.1 Å². The Kier molecular flexibility index (Phi) is 3.70. The molecule has 0 aliphatic rings. The average Bonchev–Trinajstić information content (AvgIpc) is 2.81. The highest BCUT2D eigenvalue weighted by Gasteiger charge is 2.03. The minimum atomic E-state index is 0.683. The number of hydrogen-bond acceptors (Lipinski definition) is 2. The molecule has 3 heteroatoms. The lowest BCUT2D eigenvalue weighted by atomic mass is 10.2. The van der Waals surface area contributed by atoms with Gasteiger partial charge in [0.2, 0.25) is 0 Å². The maximum absolute atomic E-state index is 5.62. The van der Waals surface area contributed by atoms with Crippen LogP contribution < -0.4 is 10.1 Å². The van der Waals surface area contributed by atoms with Crippen molar-refractivity contribution >= 4 is 5.69 Å². The second-order valence-electron chi connectivity index (χ2n) is 4.01. The third-order valence-electron chi connectivity index (χ3n) is 2.58. The largest absolute Gasteiger partial charge is 0.492 e. The summed E-state index contributed by atoms with van der Waals surface area (Å²) in [5.74, 6) is 0.919. The van der Waals surface area contributed by atoms with Crippen LogP contribution >= 0.6 is 0 Å². The molecule has 0 saturated carbocycles. The Labute approximate surface area is 102 Å². The Morgan fingerprint density at radius 3 is 2.88 bits per heavy atom. The van der Waals surface area contributed by atoms with E-state index >= 15 is 0 Å². The summed E-state index contributed by atoms with van der Waals surface area (Å²) in [7, 11) is 0. The van der Waals surface area contributed by atoms with Crippen LogP contribution in [-0.2, 0) is 6.54 Å². The van der Waals surface area contributed by atoms with Gasteiger partial charge in [-0.1, -0.05) is 6.07 Å². The zero-order valence-corrected chi connectivity index (χ0v) is 10.3. The van der Waals surface area contributed by atoms with Gasteiger partial charge < -0.3 is 15.0 Å². The van der Waals surface area contributed by atoms with Crippen molar-refractivity contribution in [1.82, 2.24) is 4.98 Å². The number of H-pyrrole nitrogens is 1. The predicted molar refractivity (Wildman–Crippen MR) is 70.5 cm³/mol. The fourth-order valence-electron chi connectivity index (χ4n) is 1.72. The Balaban J connectivity index is 2.08. The maximum Gasteiger partial charge on any atom is 0.142 e. The fourth-order valence-corrected chi connectivity index (χ4v) is 1.72. The fraction of sp³-hybridized carbons (Fsp3) is 0.286. The summed E-state index contributed by atoms with van der Waals surface area (Å²) in [5.41, 5.74) is 3.48. The van der Waals surface area contributed by atoms with Crippen LogP contribution in [0.1, 0.15) is 18.1 Å². The number of aromatic nitrogens is 1. The van der Waals surface area contributed by atoms with E-state index in [4.69, 9.17) is 4.74 Å². The van der Waals surface area contributed by atoms with Crippen LogP contribution in [0, 0.1) is 6.92 Å². The molecular weight excluding hydrogens is 212 g/mol. The van der Waals surface area contributed by atoms with Gasteiger partial charge in [0, 0.05) is 18.9 Å². The summed E-state index contributed by atoms with van der Waals surface area (Å²) in [6.07, 6.45) is 3.91. The van der Waals surface area contributed by atoms with E-state index in [1.54, 1.807) is 0 Å². The van der Waals surface area contributed by atoms with Crippen molar-refractivity contribution < 1.29 is 4.74 Å². The van der Waals surface area contributed by atoms with Crippen molar-refractivity contribution in [3.05, 3.63) is 47.8 Å². The highest BCUT2D eigenvalue weighted by molar-refractivity contribution is 5.57. The van der Waals surface area contributed by atoms with E-state index in [1.807, 2.05) is 19.3 Å². The van der Waals surface area contributed by atoms with E-state index in [0.29, 0.717) is 6.61 Å². The topological polar surface area (TPSA) is 37.0 Å². The lowest BCUT2D eigenvalue weighted by Gasteiger charge is -2.12. The Hall–Kier alpha value is -1.90. The molecule has 0 aliphatic carbocycles. The molecule has 0 saturated heterocycles. The molecule has 2 aromatic rings. The SMILES string of the molecule is CCOc1cc(C)ccc1NCc1cc[nH]c1. The summed E-state index contributed by atoms with van der Waals surface area (Å²) in [6, 6.07) is 8.26. The van der Waals surface area contributed by atoms with E-state index < -0.39 is 0 Å². The number of aromatic amines is 1. The van der Waals surface area contributed by atoms with Gasteiger partial charge in [0.05, 0.1) is 12.3 Å². The van der Waals surface area contributed by atoms with Crippen LogP contribution in [0.25, 0.3) is 0 Å². The molecule has 0 aliphatic heterocycles. The normalized spacial score (nSPS) is 10.2. The molecule has 0 bridgehead atoms. The highest BCUT2D eigenvalue weighted by Crippen LogP contribution is 2.26. The second-order valence-corrected chi connectivity index (χ2v) is 4.01. The van der Waals surface area contributed by atoms with Gasteiger partial charge in [0.1, 0.15) is 5.75 Å². The molecule has 90 valence electrons. The standard InChI is InChI=1S/C14H18N2O/c1-3-17-14-8-11(2)4-5-13(14)16-10-12-6-7-15-9-12/h4-9,15-16H,3,10H2,1-2H3. The van der Waals surface area contributed by atoms with Crippen molar-refractivity contribution in [1.29, 1.82) is 0 Å². The van der Waals surface area contributed by atoms with Crippen LogP contribution in [0.15, 0.2) is 36.7 Å². The first-order valence-corrected chi connectivity index (χ1v) is 5.88. The van der Waals surface area contributed by atoms with Gasteiger partial charge in [-0.05, 0) is 43.2 Å². The Morgan fingerprint density at radius 2 is 2.18 bits per heavy atom. The first-order chi connectivity index (χ1) is 8.29. The van der Waals surface area contributed by atoms with E-state index in [-0.39, 0.29) is 0 Å². The Bertz CT molecular complexity index is 463. The number of ether oxygens (including phenoxy) is 1. The lowest BCUT2D eigenvalue weighted by molar-refractivity contribution is 0.341. The molecule has 17 heavy (non-hydrogen) atoms. The van der Waals surface area contributed by atoms with Gasteiger partial charge in [-0.2, -0.15) is 0 Å². The summed E-state index contributed by atoms with van der Waals surface area (Å²) in [4.78, 5) is 3.04. The highest BCUT2D eigenvalue weighted by atomic mass is 16.5. The quantitative estimate of drug-likeness (QED) is 0.826. The third kappa shape index (κ3) is 3.03. The summed E-state index contributed by atoms with van der Waals surface area (Å²) in [6.45, 7) is 5.55. The summed E-state index contributed by atoms with van der Waals surface area (Å²) >= 11 is 0. The van der Waals surface area contributed by atoms with Gasteiger partial charge in [-0.25, -0.2) is 0 Å². The first kappa shape index (κ1) is 11.6. The summed E-state index contributed by atoms with van der Waals surface area (Å²) in [5, 5.41) is 3.38. The first-order valence-electron chi connectivity index (χ1n) is 5.88. The predicted octanol–water partition coefficient (Wildman–Crippen LogP) is 3.33. The molecule has 0 spiro atoms. The van der Waals surface area contributed by atoms with Crippen LogP contribution in [0.5, 0.6) is 5.75 Å². The molecule has 2 N–H and O–H groups in total. The van der Waals surface area contributed by atoms with Crippen LogP contribution in [0.3, 0.4) is 0 Å². The molecule has 0 unspecified atom stereocenters. The van der Waals surface area contributed by atoms with E-state index in [2.05, 4.69) is 41.5 Å². The van der Waals surface area contributed by atoms with E-state index in [9.17, 15) is 0 Å². The molecule has 3 nitrogen and oxygen atoms in total. The minimum Gasteiger partial charge on any atom is -0.492 e. The molecule has 2 rings (SSSR count). The van der Waals surface area contributed by atoms with Crippen molar-refractivity contribution in [2.45, 2.75) is 20.4 Å². The van der Waals surface area contributed by atoms with Crippen molar-refractivity contribution in [2.24, 2.45) is 0 Å². The van der Waals surface area contributed by atoms with Crippen LogP contribution in [0.4, 0.5) is 5.69 Å². The molecule has 0 atom stereocenters. The number of aryl methyl sites for hydroxylation is 1. The molecule has 0 amide bonds. The van der Waals surface area contributed by atoms with Crippen molar-refractivity contribution in [3.8, 4) is 5.75 Å². The van der Waals surface area contributed by atoms with Gasteiger partial charge in [0.25, 0.3) is 0 Å². The maximum atomic E-state index is 5.62. The summed E-state index contributed by atoms with van der Waals surface area (Å²) < 4.78 is 5.62. The van der Waals surface area contributed by atoms with Gasteiger partial charge >= 0.3 is 0 Å². The smallest absolute Gasteiger partial charge is 0.142 e. The molecule has 1 aromatic carbocycles. The molecule has 1 heterocycles. The zero-order chi connectivity index (χ0) is 12.1. The van der Waals surface area contributed by atoms with Gasteiger partial charge in [0.15, 0.2) is 0 Å².